The second-order valence-corrected chi connectivity index (χ2v) is 9.76. The number of nitrogens with one attached hydrogen (secondary N) is 2. The number of carbonyl (C=O) groups excluding carboxylic acids is 1. The molecule has 0 aliphatic rings. The van der Waals surface area contributed by atoms with Gasteiger partial charge in [-0.3, -0.25) is 14.2 Å². The molecule has 0 saturated heterocycles. The summed E-state index contributed by atoms with van der Waals surface area (Å²) in [6.07, 6.45) is 2.70. The number of hydrogen-bond acceptors (Lipinski definition) is 5. The van der Waals surface area contributed by atoms with Gasteiger partial charge in [-0.25, -0.2) is 4.98 Å². The third kappa shape index (κ3) is 5.50. The first-order valence-electron chi connectivity index (χ1n) is 12.4. The second-order valence-electron chi connectivity index (χ2n) is 8.82. The predicted molar refractivity (Wildman–Crippen MR) is 153 cm³/mol. The average molecular weight is 525 g/mol. The Hall–Kier alpha value is -4.30. The molecule has 0 unspecified atom stereocenters. The van der Waals surface area contributed by atoms with Crippen molar-refractivity contribution in [1.82, 2.24) is 14.5 Å². The van der Waals surface area contributed by atoms with E-state index in [-0.39, 0.29) is 17.2 Å². The third-order valence-corrected chi connectivity index (χ3v) is 7.24. The molecule has 0 aliphatic heterocycles. The Balaban J connectivity index is 1.50. The van der Waals surface area contributed by atoms with Crippen LogP contribution >= 0.6 is 11.8 Å². The fraction of sp³-hybridized carbons (Fsp3) is 0.167. The van der Waals surface area contributed by atoms with Gasteiger partial charge in [0.1, 0.15) is 16.8 Å². The minimum atomic E-state index is -0.196. The van der Waals surface area contributed by atoms with Crippen LogP contribution in [0.15, 0.2) is 95.0 Å². The number of benzene rings is 3. The Morgan fingerprint density at radius 3 is 2.61 bits per heavy atom. The van der Waals surface area contributed by atoms with Crippen LogP contribution in [-0.2, 0) is 17.8 Å². The number of H-pyrrole nitrogens is 1. The molecule has 7 nitrogen and oxygen atoms in total. The summed E-state index contributed by atoms with van der Waals surface area (Å²) in [5.41, 5.74) is 5.41. The molecule has 0 bridgehead atoms. The van der Waals surface area contributed by atoms with E-state index in [4.69, 9.17) is 9.72 Å². The van der Waals surface area contributed by atoms with E-state index < -0.39 is 0 Å². The number of aromatic amines is 1. The van der Waals surface area contributed by atoms with Crippen LogP contribution in [0, 0.1) is 0 Å². The maximum absolute atomic E-state index is 13.7. The van der Waals surface area contributed by atoms with Gasteiger partial charge in [0.05, 0.1) is 19.4 Å². The number of aromatic nitrogens is 3. The number of methoxy groups -OCH3 is 1. The third-order valence-electron chi connectivity index (χ3n) is 6.26. The molecule has 1 amide bonds. The number of anilines is 1. The summed E-state index contributed by atoms with van der Waals surface area (Å²) in [6, 6.07) is 25.2. The molecule has 2 heterocycles. The molecule has 8 heteroatoms. The molecule has 38 heavy (non-hydrogen) atoms. The lowest BCUT2D eigenvalue weighted by atomic mass is 10.1. The largest absolute Gasteiger partial charge is 0.497 e. The van der Waals surface area contributed by atoms with Crippen LogP contribution in [-0.4, -0.2) is 33.3 Å². The highest BCUT2D eigenvalue weighted by atomic mass is 32.2. The van der Waals surface area contributed by atoms with Gasteiger partial charge in [-0.15, -0.1) is 0 Å². The van der Waals surface area contributed by atoms with E-state index in [1.54, 1.807) is 11.7 Å². The highest BCUT2D eigenvalue weighted by Crippen LogP contribution is 2.28. The van der Waals surface area contributed by atoms with Crippen molar-refractivity contribution in [3.05, 3.63) is 107 Å². The van der Waals surface area contributed by atoms with Crippen molar-refractivity contribution >= 4 is 34.4 Å². The van der Waals surface area contributed by atoms with Gasteiger partial charge < -0.3 is 15.0 Å². The summed E-state index contributed by atoms with van der Waals surface area (Å²) >= 11 is 1.24. The number of fused-ring (bicyclic) bond motifs is 1. The topological polar surface area (TPSA) is 89.0 Å². The SMILES string of the molecule is CCc1cccc(NC(=O)CSc2nc3c(-c4ccccc4)c[nH]c3c(=O)n2Cc2cccc(OC)c2)c1. The van der Waals surface area contributed by atoms with Gasteiger partial charge in [0, 0.05) is 17.4 Å². The zero-order chi connectivity index (χ0) is 26.5. The van der Waals surface area contributed by atoms with Crippen LogP contribution in [0.25, 0.3) is 22.2 Å². The van der Waals surface area contributed by atoms with E-state index in [1.807, 2.05) is 85.1 Å². The smallest absolute Gasteiger partial charge is 0.278 e. The summed E-state index contributed by atoms with van der Waals surface area (Å²) in [7, 11) is 1.61. The summed E-state index contributed by atoms with van der Waals surface area (Å²) < 4.78 is 6.97. The van der Waals surface area contributed by atoms with Crippen molar-refractivity contribution in [2.45, 2.75) is 25.0 Å². The quantitative estimate of drug-likeness (QED) is 0.190. The first-order chi connectivity index (χ1) is 18.6. The first kappa shape index (κ1) is 25.4. The summed E-state index contributed by atoms with van der Waals surface area (Å²) in [5.74, 6) is 0.652. The van der Waals surface area contributed by atoms with Crippen LogP contribution in [0.3, 0.4) is 0 Å². The zero-order valence-corrected chi connectivity index (χ0v) is 22.0. The van der Waals surface area contributed by atoms with Gasteiger partial charge in [-0.1, -0.05) is 73.3 Å². The normalized spacial score (nSPS) is 11.0. The van der Waals surface area contributed by atoms with Gasteiger partial charge in [0.25, 0.3) is 5.56 Å². The number of amides is 1. The van der Waals surface area contributed by atoms with E-state index in [2.05, 4.69) is 17.2 Å². The lowest BCUT2D eigenvalue weighted by Gasteiger charge is -2.13. The molecule has 0 saturated carbocycles. The first-order valence-corrected chi connectivity index (χ1v) is 13.4. The molecule has 0 spiro atoms. The number of ether oxygens (including phenoxy) is 1. The lowest BCUT2D eigenvalue weighted by Crippen LogP contribution is -2.25. The molecular weight excluding hydrogens is 496 g/mol. The standard InChI is InChI=1S/C30H28N4O3S/c1-3-20-9-7-13-23(15-20)32-26(35)19-38-30-33-27-25(22-11-5-4-6-12-22)17-31-28(27)29(36)34(30)18-21-10-8-14-24(16-21)37-2/h4-17,31H,3,18-19H2,1-2H3,(H,32,35). The molecule has 5 aromatic rings. The fourth-order valence-electron chi connectivity index (χ4n) is 4.31. The van der Waals surface area contributed by atoms with Crippen molar-refractivity contribution < 1.29 is 9.53 Å². The highest BCUT2D eigenvalue weighted by molar-refractivity contribution is 7.99. The van der Waals surface area contributed by atoms with Crippen LogP contribution in [0.2, 0.25) is 0 Å². The van der Waals surface area contributed by atoms with Crippen LogP contribution < -0.4 is 15.6 Å². The number of carbonyl (C=O) groups is 1. The summed E-state index contributed by atoms with van der Waals surface area (Å²) in [4.78, 5) is 34.6. The molecular formula is C30H28N4O3S. The zero-order valence-electron chi connectivity index (χ0n) is 21.2. The fourth-order valence-corrected chi connectivity index (χ4v) is 5.10. The van der Waals surface area contributed by atoms with Crippen LogP contribution in [0.1, 0.15) is 18.1 Å². The lowest BCUT2D eigenvalue weighted by molar-refractivity contribution is -0.113. The number of aryl methyl sites for hydroxylation is 1. The Labute approximate surface area is 224 Å². The van der Waals surface area contributed by atoms with E-state index in [0.717, 1.165) is 34.4 Å². The molecule has 0 fully saturated rings. The molecule has 2 N–H and O–H groups in total. The minimum Gasteiger partial charge on any atom is -0.497 e. The van der Waals surface area contributed by atoms with Crippen LogP contribution in [0.5, 0.6) is 5.75 Å². The Bertz CT molecular complexity index is 1640. The average Bonchev–Trinajstić information content (AvgIpc) is 3.38. The van der Waals surface area contributed by atoms with Gasteiger partial charge in [-0.2, -0.15) is 0 Å². The molecule has 0 aliphatic carbocycles. The highest BCUT2D eigenvalue weighted by Gasteiger charge is 2.18. The van der Waals surface area contributed by atoms with E-state index >= 15 is 0 Å². The number of rotatable bonds is 9. The molecule has 0 radical (unpaired) electrons. The van der Waals surface area contributed by atoms with Crippen molar-refractivity contribution in [3.63, 3.8) is 0 Å². The van der Waals surface area contributed by atoms with Gasteiger partial charge in [0.2, 0.25) is 5.91 Å². The molecule has 0 atom stereocenters. The van der Waals surface area contributed by atoms with Crippen molar-refractivity contribution in [2.75, 3.05) is 18.2 Å². The van der Waals surface area contributed by atoms with Crippen molar-refractivity contribution in [2.24, 2.45) is 0 Å². The maximum Gasteiger partial charge on any atom is 0.278 e. The Kier molecular flexibility index (Phi) is 7.60. The summed E-state index contributed by atoms with van der Waals surface area (Å²) in [5, 5.41) is 3.43. The van der Waals surface area contributed by atoms with Crippen LogP contribution in [0.4, 0.5) is 5.69 Å². The minimum absolute atomic E-state index is 0.109. The molecule has 5 rings (SSSR count). The summed E-state index contributed by atoms with van der Waals surface area (Å²) in [6.45, 7) is 2.37. The van der Waals surface area contributed by atoms with Gasteiger partial charge >= 0.3 is 0 Å². The van der Waals surface area contributed by atoms with Gasteiger partial charge in [0.15, 0.2) is 5.16 Å². The van der Waals surface area contributed by atoms with Crippen molar-refractivity contribution in [3.8, 4) is 16.9 Å². The van der Waals surface area contributed by atoms with E-state index in [1.165, 1.54) is 11.8 Å². The molecule has 3 aromatic carbocycles. The predicted octanol–water partition coefficient (Wildman–Crippen LogP) is 5.74. The van der Waals surface area contributed by atoms with E-state index in [0.29, 0.717) is 28.5 Å². The van der Waals surface area contributed by atoms with Gasteiger partial charge in [-0.05, 0) is 47.4 Å². The van der Waals surface area contributed by atoms with Crippen molar-refractivity contribution in [1.29, 1.82) is 0 Å². The molecule has 192 valence electrons. The maximum atomic E-state index is 13.7. The molecule has 2 aromatic heterocycles. The second kappa shape index (κ2) is 11.4. The number of thioether (sulfide) groups is 1. The Morgan fingerprint density at radius 2 is 1.82 bits per heavy atom. The number of hydrogen-bond donors (Lipinski definition) is 2. The van der Waals surface area contributed by atoms with E-state index in [9.17, 15) is 9.59 Å². The Morgan fingerprint density at radius 1 is 1.03 bits per heavy atom. The number of nitrogens with zero attached hydrogens (tertiary/aromatic N) is 2. The monoisotopic (exact) mass is 524 g/mol.